The van der Waals surface area contributed by atoms with Crippen molar-refractivity contribution in [2.45, 2.75) is 45.0 Å². The fourth-order valence-corrected chi connectivity index (χ4v) is 4.39. The highest BCUT2D eigenvalue weighted by Crippen LogP contribution is 2.34. The molecule has 1 fully saturated rings. The largest absolute Gasteiger partial charge is 0.481 e. The zero-order valence-electron chi connectivity index (χ0n) is 14.4. The van der Waals surface area contributed by atoms with Gasteiger partial charge in [0.1, 0.15) is 0 Å². The summed E-state index contributed by atoms with van der Waals surface area (Å²) in [6.07, 6.45) is 1.08. The van der Waals surface area contributed by atoms with Crippen LogP contribution >= 0.6 is 0 Å². The topological polar surface area (TPSA) is 113 Å². The molecule has 1 amide bonds. The summed E-state index contributed by atoms with van der Waals surface area (Å²) < 4.78 is 26.8. The van der Waals surface area contributed by atoms with Crippen LogP contribution in [0.3, 0.4) is 0 Å². The smallest absolute Gasteiger partial charge is 0.307 e. The first kappa shape index (κ1) is 19.4. The minimum atomic E-state index is -3.47. The number of benzene rings is 1. The molecular weight excluding hydrogens is 344 g/mol. The summed E-state index contributed by atoms with van der Waals surface area (Å²) >= 11 is 0. The second kappa shape index (κ2) is 7.97. The van der Waals surface area contributed by atoms with Crippen LogP contribution in [-0.2, 0) is 31.9 Å². The van der Waals surface area contributed by atoms with Gasteiger partial charge < -0.3 is 10.4 Å². The Bertz CT molecular complexity index is 745. The van der Waals surface area contributed by atoms with Gasteiger partial charge in [-0.3, -0.25) is 9.59 Å². The van der Waals surface area contributed by atoms with E-state index in [9.17, 15) is 18.0 Å². The molecule has 2 rings (SSSR count). The predicted molar refractivity (Wildman–Crippen MR) is 93.0 cm³/mol. The third kappa shape index (κ3) is 5.27. The number of sulfonamides is 1. The van der Waals surface area contributed by atoms with Gasteiger partial charge in [0.2, 0.25) is 15.9 Å². The Morgan fingerprint density at radius 1 is 1.16 bits per heavy atom. The lowest BCUT2D eigenvalue weighted by atomic mass is 9.73. The third-order valence-electron chi connectivity index (χ3n) is 4.26. The van der Waals surface area contributed by atoms with Gasteiger partial charge >= 0.3 is 5.97 Å². The summed E-state index contributed by atoms with van der Waals surface area (Å²) in [6.45, 7) is 3.68. The van der Waals surface area contributed by atoms with E-state index in [1.807, 2.05) is 0 Å². The van der Waals surface area contributed by atoms with Gasteiger partial charge in [0.05, 0.1) is 17.6 Å². The van der Waals surface area contributed by atoms with E-state index >= 15 is 0 Å². The second-order valence-electron chi connectivity index (χ2n) is 6.65. The monoisotopic (exact) mass is 368 g/mol. The van der Waals surface area contributed by atoms with Gasteiger partial charge in [-0.1, -0.05) is 24.3 Å². The van der Waals surface area contributed by atoms with Crippen LogP contribution in [0, 0.1) is 11.8 Å². The molecule has 0 heterocycles. The van der Waals surface area contributed by atoms with Gasteiger partial charge in [0.15, 0.2) is 0 Å². The van der Waals surface area contributed by atoms with Gasteiger partial charge in [-0.2, -0.15) is 0 Å². The van der Waals surface area contributed by atoms with E-state index in [4.69, 9.17) is 5.11 Å². The SMILES string of the molecule is CC(C)NS(=O)(=O)Cc1ccccc1CNC(=O)C1CCC1C(=O)O. The molecule has 0 aromatic heterocycles. The number of hydrogen-bond donors (Lipinski definition) is 3. The summed E-state index contributed by atoms with van der Waals surface area (Å²) in [5.74, 6) is -2.53. The molecule has 2 unspecified atom stereocenters. The molecule has 0 saturated heterocycles. The predicted octanol–water partition coefficient (Wildman–Crippen LogP) is 1.24. The van der Waals surface area contributed by atoms with E-state index in [0.717, 1.165) is 0 Å². The molecule has 3 N–H and O–H groups in total. The molecule has 0 bridgehead atoms. The first-order chi connectivity index (χ1) is 11.7. The lowest BCUT2D eigenvalue weighted by Gasteiger charge is -2.32. The highest BCUT2D eigenvalue weighted by Gasteiger charge is 2.41. The van der Waals surface area contributed by atoms with Crippen LogP contribution in [0.15, 0.2) is 24.3 Å². The van der Waals surface area contributed by atoms with Crippen molar-refractivity contribution < 1.29 is 23.1 Å². The maximum Gasteiger partial charge on any atom is 0.307 e. The Kier molecular flexibility index (Phi) is 6.18. The fraction of sp³-hybridized carbons (Fsp3) is 0.529. The third-order valence-corrected chi connectivity index (χ3v) is 5.78. The number of carboxylic acids is 1. The van der Waals surface area contributed by atoms with E-state index in [-0.39, 0.29) is 24.2 Å². The van der Waals surface area contributed by atoms with Crippen LogP contribution in [0.25, 0.3) is 0 Å². The van der Waals surface area contributed by atoms with Crippen LogP contribution in [0.1, 0.15) is 37.8 Å². The lowest BCUT2D eigenvalue weighted by Crippen LogP contribution is -2.43. The normalized spacial score (nSPS) is 20.1. The van der Waals surface area contributed by atoms with Crippen molar-refractivity contribution in [2.24, 2.45) is 11.8 Å². The van der Waals surface area contributed by atoms with E-state index in [1.165, 1.54) is 0 Å². The molecule has 1 aliphatic carbocycles. The fourth-order valence-electron chi connectivity index (χ4n) is 2.90. The first-order valence-electron chi connectivity index (χ1n) is 8.27. The maximum atomic E-state index is 12.2. The van der Waals surface area contributed by atoms with Crippen molar-refractivity contribution in [3.8, 4) is 0 Å². The van der Waals surface area contributed by atoms with Crippen LogP contribution in [-0.4, -0.2) is 31.4 Å². The van der Waals surface area contributed by atoms with Gasteiger partial charge in [0.25, 0.3) is 0 Å². The molecule has 2 atom stereocenters. The molecule has 1 aromatic carbocycles. The number of carbonyl (C=O) groups excluding carboxylic acids is 1. The first-order valence-corrected chi connectivity index (χ1v) is 9.92. The number of nitrogens with one attached hydrogen (secondary N) is 2. The molecule has 8 heteroatoms. The number of amides is 1. The van der Waals surface area contributed by atoms with E-state index < -0.39 is 27.8 Å². The van der Waals surface area contributed by atoms with Crippen molar-refractivity contribution in [1.29, 1.82) is 0 Å². The molecule has 1 saturated carbocycles. The van der Waals surface area contributed by atoms with Crippen molar-refractivity contribution in [1.82, 2.24) is 10.0 Å². The molecule has 0 radical (unpaired) electrons. The van der Waals surface area contributed by atoms with Crippen molar-refractivity contribution >= 4 is 21.9 Å². The number of hydrogen-bond acceptors (Lipinski definition) is 4. The van der Waals surface area contributed by atoms with E-state index in [1.54, 1.807) is 38.1 Å². The molecule has 7 nitrogen and oxygen atoms in total. The summed E-state index contributed by atoms with van der Waals surface area (Å²) in [5, 5.41) is 11.8. The number of carboxylic acid groups (broad SMARTS) is 1. The van der Waals surface area contributed by atoms with E-state index in [0.29, 0.717) is 24.0 Å². The van der Waals surface area contributed by atoms with Crippen LogP contribution in [0.4, 0.5) is 0 Å². The number of carbonyl (C=O) groups is 2. The van der Waals surface area contributed by atoms with Crippen molar-refractivity contribution in [3.63, 3.8) is 0 Å². The Morgan fingerprint density at radius 3 is 2.28 bits per heavy atom. The average molecular weight is 368 g/mol. The average Bonchev–Trinajstić information content (AvgIpc) is 2.42. The Balaban J connectivity index is 2.01. The molecule has 25 heavy (non-hydrogen) atoms. The summed E-state index contributed by atoms with van der Waals surface area (Å²) in [5.41, 5.74) is 1.32. The second-order valence-corrected chi connectivity index (χ2v) is 8.40. The maximum absolute atomic E-state index is 12.2. The minimum Gasteiger partial charge on any atom is -0.481 e. The standard InChI is InChI=1S/C17H24N2O5S/c1-11(2)19-25(23,24)10-13-6-4-3-5-12(13)9-18-16(20)14-7-8-15(14)17(21)22/h3-6,11,14-15,19H,7-10H2,1-2H3,(H,18,20)(H,21,22). The zero-order chi connectivity index (χ0) is 18.6. The minimum absolute atomic E-state index is 0.168. The van der Waals surface area contributed by atoms with E-state index in [2.05, 4.69) is 10.0 Å². The van der Waals surface area contributed by atoms with Crippen molar-refractivity contribution in [3.05, 3.63) is 35.4 Å². The zero-order valence-corrected chi connectivity index (χ0v) is 15.2. The Morgan fingerprint density at radius 2 is 1.76 bits per heavy atom. The van der Waals surface area contributed by atoms with Gasteiger partial charge in [0, 0.05) is 12.6 Å². The Hall–Kier alpha value is -1.93. The molecule has 0 spiro atoms. The lowest BCUT2D eigenvalue weighted by molar-refractivity contribution is -0.152. The molecule has 138 valence electrons. The van der Waals surface area contributed by atoms with Gasteiger partial charge in [-0.15, -0.1) is 0 Å². The van der Waals surface area contributed by atoms with Crippen LogP contribution in [0.5, 0.6) is 0 Å². The Labute approximate surface area is 147 Å². The van der Waals surface area contributed by atoms with Crippen LogP contribution in [0.2, 0.25) is 0 Å². The molecular formula is C17H24N2O5S. The summed E-state index contributed by atoms with van der Waals surface area (Å²) in [4.78, 5) is 23.2. The molecule has 1 aliphatic rings. The quantitative estimate of drug-likeness (QED) is 0.639. The highest BCUT2D eigenvalue weighted by atomic mass is 32.2. The molecule has 0 aliphatic heterocycles. The van der Waals surface area contributed by atoms with Gasteiger partial charge in [-0.05, 0) is 37.8 Å². The highest BCUT2D eigenvalue weighted by molar-refractivity contribution is 7.88. The number of rotatable bonds is 8. The molecule has 1 aromatic rings. The van der Waals surface area contributed by atoms with Gasteiger partial charge in [-0.25, -0.2) is 13.1 Å². The van der Waals surface area contributed by atoms with Crippen LogP contribution < -0.4 is 10.0 Å². The number of aliphatic carboxylic acids is 1. The summed E-state index contributed by atoms with van der Waals surface area (Å²) in [7, 11) is -3.47. The van der Waals surface area contributed by atoms with Crippen molar-refractivity contribution in [2.75, 3.05) is 0 Å². The summed E-state index contributed by atoms with van der Waals surface area (Å²) in [6, 6.07) is 6.80.